The van der Waals surface area contributed by atoms with E-state index in [0.717, 1.165) is 5.01 Å². The molecule has 2 heterocycles. The summed E-state index contributed by atoms with van der Waals surface area (Å²) in [5.74, 6) is -3.27. The molecule has 15 heteroatoms. The summed E-state index contributed by atoms with van der Waals surface area (Å²) < 4.78 is 0. The van der Waals surface area contributed by atoms with E-state index in [-0.39, 0.29) is 41.5 Å². The molecule has 0 aliphatic rings. The first-order valence-corrected chi connectivity index (χ1v) is 9.69. The third kappa shape index (κ3) is 5.64. The number of hydrogen-bond donors (Lipinski definition) is 5. The number of carbonyl (C=O) groups is 3. The number of nitrogen functional groups attached to an aromatic ring is 2. The minimum Gasteiger partial charge on any atom is -0.481 e. The number of nitroso groups, excluding NO2 is 1. The SMILES string of the molecule is Nc1nc(N)c2nc(CN(N=O)c3ccc(C(=O)N[C@@H](CCC(=O)O)C(=O)O)cc3)cnc2n1. The molecule has 0 unspecified atom stereocenters. The summed E-state index contributed by atoms with van der Waals surface area (Å²) in [5, 5.41) is 24.2. The van der Waals surface area contributed by atoms with Crippen molar-refractivity contribution in [1.29, 1.82) is 0 Å². The maximum absolute atomic E-state index is 12.4. The van der Waals surface area contributed by atoms with Crippen LogP contribution in [0, 0.1) is 4.91 Å². The van der Waals surface area contributed by atoms with Gasteiger partial charge in [-0.25, -0.2) is 19.8 Å². The first kappa shape index (κ1) is 23.7. The van der Waals surface area contributed by atoms with Gasteiger partial charge in [0, 0.05) is 12.0 Å². The highest BCUT2D eigenvalue weighted by atomic mass is 16.4. The molecule has 7 N–H and O–H groups in total. The van der Waals surface area contributed by atoms with Crippen molar-refractivity contribution >= 4 is 46.5 Å². The number of benzene rings is 1. The lowest BCUT2D eigenvalue weighted by molar-refractivity contribution is -0.140. The summed E-state index contributed by atoms with van der Waals surface area (Å²) in [6.45, 7) is -0.0852. The zero-order valence-corrected chi connectivity index (χ0v) is 17.5. The smallest absolute Gasteiger partial charge is 0.326 e. The van der Waals surface area contributed by atoms with E-state index in [2.05, 4.69) is 30.5 Å². The van der Waals surface area contributed by atoms with E-state index in [1.54, 1.807) is 0 Å². The monoisotopic (exact) mass is 469 g/mol. The number of nitrogens with two attached hydrogens (primary N) is 2. The van der Waals surface area contributed by atoms with E-state index in [0.29, 0.717) is 11.4 Å². The van der Waals surface area contributed by atoms with E-state index < -0.39 is 30.3 Å². The number of amides is 1. The van der Waals surface area contributed by atoms with Gasteiger partial charge in [0.2, 0.25) is 5.95 Å². The predicted molar refractivity (Wildman–Crippen MR) is 118 cm³/mol. The number of carboxylic acid groups (broad SMARTS) is 2. The lowest BCUT2D eigenvalue weighted by Crippen LogP contribution is -2.41. The second-order valence-electron chi connectivity index (χ2n) is 6.98. The van der Waals surface area contributed by atoms with Gasteiger partial charge < -0.3 is 27.0 Å². The van der Waals surface area contributed by atoms with Gasteiger partial charge in [0.25, 0.3) is 5.91 Å². The Labute approximate surface area is 190 Å². The van der Waals surface area contributed by atoms with Gasteiger partial charge in [0.15, 0.2) is 17.0 Å². The zero-order valence-electron chi connectivity index (χ0n) is 17.5. The Morgan fingerprint density at radius 2 is 1.79 bits per heavy atom. The Hall–Kier alpha value is -4.95. The largest absolute Gasteiger partial charge is 0.481 e. The first-order valence-electron chi connectivity index (χ1n) is 9.69. The molecule has 15 nitrogen and oxygen atoms in total. The van der Waals surface area contributed by atoms with Crippen molar-refractivity contribution in [3.63, 3.8) is 0 Å². The van der Waals surface area contributed by atoms with Gasteiger partial charge in [-0.2, -0.15) is 9.97 Å². The van der Waals surface area contributed by atoms with Crippen LogP contribution >= 0.6 is 0 Å². The minimum atomic E-state index is -1.37. The number of anilines is 3. The lowest BCUT2D eigenvalue weighted by atomic mass is 10.1. The van der Waals surface area contributed by atoms with Crippen LogP contribution in [0.1, 0.15) is 28.9 Å². The number of carbonyl (C=O) groups excluding carboxylic acids is 1. The standard InChI is InChI=1S/C19H19N9O6/c20-15-14-16(26-19(21)25-15)22-7-10(23-14)8-28(27-34)11-3-1-9(2-4-11)17(31)24-12(18(32)33)5-6-13(29)30/h1-4,7,12H,5-6,8H2,(H,24,31)(H,29,30)(H,32,33)(H4,20,21,22,25,26)/t12-/m0/s1. The normalized spacial score (nSPS) is 11.5. The summed E-state index contributed by atoms with van der Waals surface area (Å²) in [4.78, 5) is 61.8. The van der Waals surface area contributed by atoms with Gasteiger partial charge in [0.05, 0.1) is 29.4 Å². The van der Waals surface area contributed by atoms with Crippen LogP contribution in [0.25, 0.3) is 11.2 Å². The maximum atomic E-state index is 12.4. The highest BCUT2D eigenvalue weighted by molar-refractivity contribution is 5.97. The minimum absolute atomic E-state index is 0.0286. The van der Waals surface area contributed by atoms with Crippen molar-refractivity contribution in [2.24, 2.45) is 5.29 Å². The molecule has 1 aromatic carbocycles. The fourth-order valence-electron chi connectivity index (χ4n) is 2.93. The molecule has 2 aromatic heterocycles. The molecule has 3 rings (SSSR count). The molecule has 3 aromatic rings. The second-order valence-corrected chi connectivity index (χ2v) is 6.98. The summed E-state index contributed by atoms with van der Waals surface area (Å²) in [6, 6.07) is 4.21. The first-order chi connectivity index (χ1) is 16.2. The Balaban J connectivity index is 1.72. The second kappa shape index (κ2) is 10.1. The van der Waals surface area contributed by atoms with Crippen LogP contribution in [0.4, 0.5) is 17.5 Å². The summed E-state index contributed by atoms with van der Waals surface area (Å²) in [6.07, 6.45) is 0.683. The number of aromatic nitrogens is 4. The average Bonchev–Trinajstić information content (AvgIpc) is 2.80. The highest BCUT2D eigenvalue weighted by Gasteiger charge is 2.22. The van der Waals surface area contributed by atoms with Crippen molar-refractivity contribution in [2.75, 3.05) is 16.5 Å². The molecule has 0 radical (unpaired) electrons. The molecule has 0 spiro atoms. The van der Waals surface area contributed by atoms with Crippen molar-refractivity contribution in [1.82, 2.24) is 25.3 Å². The summed E-state index contributed by atoms with van der Waals surface area (Å²) >= 11 is 0. The Morgan fingerprint density at radius 3 is 2.41 bits per heavy atom. The van der Waals surface area contributed by atoms with Crippen LogP contribution in [-0.2, 0) is 16.1 Å². The molecule has 0 aliphatic carbocycles. The molecular formula is C19H19N9O6. The van der Waals surface area contributed by atoms with E-state index in [1.165, 1.54) is 30.5 Å². The third-order valence-electron chi connectivity index (χ3n) is 4.59. The molecule has 0 saturated carbocycles. The predicted octanol–water partition coefficient (Wildman–Crippen LogP) is 0.320. The Morgan fingerprint density at radius 1 is 1.09 bits per heavy atom. The lowest BCUT2D eigenvalue weighted by Gasteiger charge is -2.16. The van der Waals surface area contributed by atoms with E-state index in [1.807, 2.05) is 0 Å². The average molecular weight is 469 g/mol. The van der Waals surface area contributed by atoms with Crippen LogP contribution in [0.3, 0.4) is 0 Å². The molecule has 34 heavy (non-hydrogen) atoms. The van der Waals surface area contributed by atoms with Crippen LogP contribution in [-0.4, -0.2) is 54.0 Å². The number of fused-ring (bicyclic) bond motifs is 1. The van der Waals surface area contributed by atoms with E-state index in [4.69, 9.17) is 16.6 Å². The highest BCUT2D eigenvalue weighted by Crippen LogP contribution is 2.20. The molecular weight excluding hydrogens is 450 g/mol. The fourth-order valence-corrected chi connectivity index (χ4v) is 2.93. The van der Waals surface area contributed by atoms with Crippen LogP contribution in [0.15, 0.2) is 35.7 Å². The number of carboxylic acids is 2. The van der Waals surface area contributed by atoms with Gasteiger partial charge >= 0.3 is 11.9 Å². The Bertz CT molecular complexity index is 1250. The van der Waals surface area contributed by atoms with Gasteiger partial charge in [-0.3, -0.25) is 9.59 Å². The molecule has 1 atom stereocenters. The number of hydrogen-bond acceptors (Lipinski definition) is 11. The quantitative estimate of drug-likeness (QED) is 0.199. The van der Waals surface area contributed by atoms with Gasteiger partial charge in [-0.05, 0) is 30.7 Å². The zero-order chi connectivity index (χ0) is 24.8. The van der Waals surface area contributed by atoms with Crippen LogP contribution < -0.4 is 21.8 Å². The molecule has 0 saturated heterocycles. The van der Waals surface area contributed by atoms with E-state index >= 15 is 0 Å². The summed E-state index contributed by atoms with van der Waals surface area (Å²) in [5.41, 5.74) is 12.5. The van der Waals surface area contributed by atoms with Gasteiger partial charge in [-0.15, -0.1) is 4.91 Å². The number of rotatable bonds is 10. The van der Waals surface area contributed by atoms with Crippen molar-refractivity contribution in [2.45, 2.75) is 25.4 Å². The maximum Gasteiger partial charge on any atom is 0.326 e. The van der Waals surface area contributed by atoms with Gasteiger partial charge in [0.1, 0.15) is 6.04 Å². The number of nitrogens with zero attached hydrogens (tertiary/aromatic N) is 6. The van der Waals surface area contributed by atoms with Gasteiger partial charge in [-0.1, -0.05) is 0 Å². The third-order valence-corrected chi connectivity index (χ3v) is 4.59. The molecule has 176 valence electrons. The van der Waals surface area contributed by atoms with Crippen LogP contribution in [0.5, 0.6) is 0 Å². The van der Waals surface area contributed by atoms with E-state index in [9.17, 15) is 24.4 Å². The molecule has 1 amide bonds. The molecule has 0 aliphatic heterocycles. The topological polar surface area (TPSA) is 240 Å². The molecule has 0 fully saturated rings. The van der Waals surface area contributed by atoms with Crippen molar-refractivity contribution in [3.05, 3.63) is 46.6 Å². The summed E-state index contributed by atoms with van der Waals surface area (Å²) in [7, 11) is 0. The van der Waals surface area contributed by atoms with Crippen molar-refractivity contribution < 1.29 is 24.6 Å². The Kier molecular flexibility index (Phi) is 7.05. The van der Waals surface area contributed by atoms with Crippen molar-refractivity contribution in [3.8, 4) is 0 Å². The number of nitrogens with one attached hydrogen (secondary N) is 1. The van der Waals surface area contributed by atoms with Crippen LogP contribution in [0.2, 0.25) is 0 Å². The number of aliphatic carboxylic acids is 2. The molecule has 0 bridgehead atoms. The fraction of sp³-hybridized carbons (Fsp3) is 0.211.